The van der Waals surface area contributed by atoms with E-state index >= 15 is 0 Å². The highest BCUT2D eigenvalue weighted by molar-refractivity contribution is 7.15. The summed E-state index contributed by atoms with van der Waals surface area (Å²) in [5.41, 5.74) is 0.0509. The summed E-state index contributed by atoms with van der Waals surface area (Å²) in [4.78, 5) is 14.6. The summed E-state index contributed by atoms with van der Waals surface area (Å²) < 4.78 is 0.273. The Morgan fingerprint density at radius 2 is 2.40 bits per heavy atom. The van der Waals surface area contributed by atoms with Crippen molar-refractivity contribution in [2.24, 2.45) is 0 Å². The second-order valence-electron chi connectivity index (χ2n) is 1.68. The van der Waals surface area contributed by atoms with E-state index in [0.29, 0.717) is 4.88 Å². The van der Waals surface area contributed by atoms with Crippen molar-refractivity contribution in [2.45, 2.75) is 6.92 Å². The highest BCUT2D eigenvalue weighted by atomic mass is 35.5. The molecule has 0 saturated heterocycles. The van der Waals surface area contributed by atoms with Gasteiger partial charge in [0.25, 0.3) is 0 Å². The van der Waals surface area contributed by atoms with Crippen molar-refractivity contribution in [1.82, 2.24) is 4.98 Å². The van der Waals surface area contributed by atoms with Crippen LogP contribution in [0.5, 0.6) is 0 Å². The van der Waals surface area contributed by atoms with Crippen LogP contribution in [-0.4, -0.2) is 16.1 Å². The molecule has 1 N–H and O–H groups in total. The lowest BCUT2D eigenvalue weighted by Gasteiger charge is -1.84. The molecule has 0 bridgehead atoms. The molecule has 1 heterocycles. The zero-order valence-electron chi connectivity index (χ0n) is 5.09. The van der Waals surface area contributed by atoms with E-state index in [1.54, 1.807) is 6.92 Å². The van der Waals surface area contributed by atoms with Gasteiger partial charge in [-0.1, -0.05) is 11.6 Å². The highest BCUT2D eigenvalue weighted by Crippen LogP contribution is 2.21. The number of halogens is 1. The minimum atomic E-state index is -1.03. The molecule has 1 aromatic rings. The Morgan fingerprint density at radius 1 is 1.80 bits per heavy atom. The van der Waals surface area contributed by atoms with Crippen LogP contribution in [0.4, 0.5) is 0 Å². The predicted octanol–water partition coefficient (Wildman–Crippen LogP) is 1.80. The van der Waals surface area contributed by atoms with Crippen molar-refractivity contribution in [3.8, 4) is 0 Å². The number of hydrogen-bond donors (Lipinski definition) is 1. The molecule has 0 aliphatic heterocycles. The van der Waals surface area contributed by atoms with Gasteiger partial charge in [0.15, 0.2) is 10.2 Å². The zero-order valence-corrected chi connectivity index (χ0v) is 6.66. The van der Waals surface area contributed by atoms with Gasteiger partial charge in [0.2, 0.25) is 0 Å². The van der Waals surface area contributed by atoms with Crippen molar-refractivity contribution in [2.75, 3.05) is 0 Å². The maximum absolute atomic E-state index is 10.3. The number of nitrogens with zero attached hydrogens (tertiary/aromatic N) is 1. The number of rotatable bonds is 1. The summed E-state index contributed by atoms with van der Waals surface area (Å²) in [5.74, 6) is -1.03. The van der Waals surface area contributed by atoms with Crippen molar-refractivity contribution >= 4 is 28.9 Å². The van der Waals surface area contributed by atoms with Crippen molar-refractivity contribution in [3.05, 3.63) is 15.0 Å². The van der Waals surface area contributed by atoms with Gasteiger partial charge in [0.1, 0.15) is 0 Å². The van der Waals surface area contributed by atoms with Gasteiger partial charge < -0.3 is 5.11 Å². The zero-order chi connectivity index (χ0) is 7.72. The number of carboxylic acids is 1. The van der Waals surface area contributed by atoms with Crippen LogP contribution in [-0.2, 0) is 0 Å². The van der Waals surface area contributed by atoms with E-state index in [4.69, 9.17) is 16.7 Å². The SMILES string of the molecule is Cc1sc(Cl)nc1C(=O)O. The number of thiazole rings is 1. The van der Waals surface area contributed by atoms with Crippen LogP contribution in [0, 0.1) is 6.92 Å². The van der Waals surface area contributed by atoms with Gasteiger partial charge in [0.05, 0.1) is 0 Å². The Kier molecular flexibility index (Phi) is 1.92. The first kappa shape index (κ1) is 7.50. The standard InChI is InChI=1S/C5H4ClNO2S/c1-2-3(4(8)9)7-5(6)10-2/h1H3,(H,8,9). The average molecular weight is 178 g/mol. The van der Waals surface area contributed by atoms with E-state index in [0.717, 1.165) is 0 Å². The van der Waals surface area contributed by atoms with Gasteiger partial charge in [-0.15, -0.1) is 11.3 Å². The van der Waals surface area contributed by atoms with Crippen LogP contribution < -0.4 is 0 Å². The predicted molar refractivity (Wildman–Crippen MR) is 38.8 cm³/mol. The van der Waals surface area contributed by atoms with Gasteiger partial charge in [-0.25, -0.2) is 9.78 Å². The molecular formula is C5H4ClNO2S. The van der Waals surface area contributed by atoms with Gasteiger partial charge in [-0.2, -0.15) is 0 Å². The van der Waals surface area contributed by atoms with Crippen LogP contribution in [0.15, 0.2) is 0 Å². The topological polar surface area (TPSA) is 50.2 Å². The third kappa shape index (κ3) is 1.27. The van der Waals surface area contributed by atoms with Crippen LogP contribution in [0.3, 0.4) is 0 Å². The van der Waals surface area contributed by atoms with E-state index in [9.17, 15) is 4.79 Å². The molecule has 0 saturated carbocycles. The monoisotopic (exact) mass is 177 g/mol. The average Bonchev–Trinajstić information content (AvgIpc) is 2.10. The molecule has 54 valence electrons. The van der Waals surface area contributed by atoms with Crippen LogP contribution in [0.2, 0.25) is 4.47 Å². The molecule has 0 fully saturated rings. The normalized spacial score (nSPS) is 9.80. The maximum atomic E-state index is 10.3. The molecule has 1 rings (SSSR count). The summed E-state index contributed by atoms with van der Waals surface area (Å²) in [6, 6.07) is 0. The molecule has 3 nitrogen and oxygen atoms in total. The van der Waals surface area contributed by atoms with Crippen LogP contribution >= 0.6 is 22.9 Å². The molecule has 0 atom stereocenters. The van der Waals surface area contributed by atoms with Gasteiger partial charge >= 0.3 is 5.97 Å². The molecule has 0 aromatic carbocycles. The lowest BCUT2D eigenvalue weighted by Crippen LogP contribution is -1.97. The largest absolute Gasteiger partial charge is 0.476 e. The smallest absolute Gasteiger partial charge is 0.355 e. The fraction of sp³-hybridized carbons (Fsp3) is 0.200. The quantitative estimate of drug-likeness (QED) is 0.712. The fourth-order valence-corrected chi connectivity index (χ4v) is 1.61. The van der Waals surface area contributed by atoms with E-state index < -0.39 is 5.97 Å². The minimum absolute atomic E-state index is 0.0509. The van der Waals surface area contributed by atoms with E-state index in [1.165, 1.54) is 11.3 Å². The number of aromatic nitrogens is 1. The first-order chi connectivity index (χ1) is 4.61. The summed E-state index contributed by atoms with van der Waals surface area (Å²) in [6.45, 7) is 1.67. The number of aromatic carboxylic acids is 1. The third-order valence-electron chi connectivity index (χ3n) is 0.973. The lowest BCUT2D eigenvalue weighted by molar-refractivity contribution is 0.0690. The Labute approximate surface area is 66.3 Å². The molecule has 0 spiro atoms. The lowest BCUT2D eigenvalue weighted by atomic mass is 10.4. The van der Waals surface area contributed by atoms with Gasteiger partial charge in [-0.3, -0.25) is 0 Å². The summed E-state index contributed by atoms with van der Waals surface area (Å²) >= 11 is 6.62. The minimum Gasteiger partial charge on any atom is -0.476 e. The number of aryl methyl sites for hydroxylation is 1. The Morgan fingerprint density at radius 3 is 2.60 bits per heavy atom. The molecular weight excluding hydrogens is 174 g/mol. The number of carbonyl (C=O) groups is 1. The summed E-state index contributed by atoms with van der Waals surface area (Å²) in [5, 5.41) is 8.46. The molecule has 10 heavy (non-hydrogen) atoms. The first-order valence-corrected chi connectivity index (χ1v) is 3.67. The van der Waals surface area contributed by atoms with Crippen molar-refractivity contribution in [1.29, 1.82) is 0 Å². The van der Waals surface area contributed by atoms with E-state index in [-0.39, 0.29) is 10.2 Å². The Bertz CT molecular complexity index is 271. The van der Waals surface area contributed by atoms with Gasteiger partial charge in [-0.05, 0) is 6.92 Å². The van der Waals surface area contributed by atoms with E-state index in [2.05, 4.69) is 4.98 Å². The van der Waals surface area contributed by atoms with Gasteiger partial charge in [0, 0.05) is 4.88 Å². The molecule has 0 unspecified atom stereocenters. The fourth-order valence-electron chi connectivity index (χ4n) is 0.563. The van der Waals surface area contributed by atoms with Crippen molar-refractivity contribution in [3.63, 3.8) is 0 Å². The first-order valence-electron chi connectivity index (χ1n) is 2.47. The van der Waals surface area contributed by atoms with E-state index in [1.807, 2.05) is 0 Å². The summed E-state index contributed by atoms with van der Waals surface area (Å²) in [7, 11) is 0. The number of carboxylic acid groups (broad SMARTS) is 1. The second kappa shape index (κ2) is 2.56. The maximum Gasteiger partial charge on any atom is 0.355 e. The molecule has 5 heteroatoms. The summed E-state index contributed by atoms with van der Waals surface area (Å²) in [6.07, 6.45) is 0. The molecule has 0 amide bonds. The number of hydrogen-bond acceptors (Lipinski definition) is 3. The molecule has 0 aliphatic rings. The highest BCUT2D eigenvalue weighted by Gasteiger charge is 2.11. The van der Waals surface area contributed by atoms with Crippen LogP contribution in [0.25, 0.3) is 0 Å². The molecule has 0 aliphatic carbocycles. The van der Waals surface area contributed by atoms with Crippen molar-refractivity contribution < 1.29 is 9.90 Å². The molecule has 0 radical (unpaired) electrons. The van der Waals surface area contributed by atoms with Crippen LogP contribution in [0.1, 0.15) is 15.4 Å². The third-order valence-corrected chi connectivity index (χ3v) is 2.05. The second-order valence-corrected chi connectivity index (χ2v) is 3.46. The Balaban J connectivity index is 3.15. The Hall–Kier alpha value is -0.610. The molecule has 1 aromatic heterocycles.